The number of benzene rings is 2. The Morgan fingerprint density at radius 3 is 2.38 bits per heavy atom. The van der Waals surface area contributed by atoms with Crippen LogP contribution in [-0.2, 0) is 19.3 Å². The van der Waals surface area contributed by atoms with Crippen molar-refractivity contribution in [1.29, 1.82) is 0 Å². The molecule has 2 aromatic carbocycles. The Labute approximate surface area is 227 Å². The van der Waals surface area contributed by atoms with Gasteiger partial charge >= 0.3 is 12.1 Å². The number of anilines is 1. The van der Waals surface area contributed by atoms with Gasteiger partial charge in [0.25, 0.3) is 0 Å². The molecule has 2 aliphatic heterocycles. The van der Waals surface area contributed by atoms with Gasteiger partial charge in [0.05, 0.1) is 17.3 Å². The minimum Gasteiger partial charge on any atom is -0.478 e. The average Bonchev–Trinajstić information content (AvgIpc) is 3.52. The monoisotopic (exact) mass is 540 g/mol. The van der Waals surface area contributed by atoms with Crippen LogP contribution in [0.2, 0.25) is 0 Å². The SMILES string of the molecule is CC(C)Cn1cc(-c2ccc(C(F)(F)F)cc2CN2CCC3(CC2)CCN(c2ccc(C(=O)O)cc2)C3)cn1. The molecule has 0 unspecified atom stereocenters. The Morgan fingerprint density at radius 2 is 1.74 bits per heavy atom. The number of aromatic carboxylic acids is 1. The molecule has 6 nitrogen and oxygen atoms in total. The van der Waals surface area contributed by atoms with Crippen molar-refractivity contribution in [3.8, 4) is 11.1 Å². The van der Waals surface area contributed by atoms with E-state index >= 15 is 0 Å². The molecule has 0 radical (unpaired) electrons. The molecule has 3 heterocycles. The van der Waals surface area contributed by atoms with E-state index in [2.05, 4.69) is 28.7 Å². The molecule has 208 valence electrons. The third kappa shape index (κ3) is 6.13. The first-order valence-electron chi connectivity index (χ1n) is 13.5. The largest absolute Gasteiger partial charge is 0.478 e. The topological polar surface area (TPSA) is 61.6 Å². The molecule has 39 heavy (non-hydrogen) atoms. The van der Waals surface area contributed by atoms with Crippen molar-refractivity contribution in [3.63, 3.8) is 0 Å². The highest BCUT2D eigenvalue weighted by molar-refractivity contribution is 5.88. The molecule has 0 saturated carbocycles. The number of hydrogen-bond acceptors (Lipinski definition) is 4. The molecule has 1 aromatic heterocycles. The molecule has 0 amide bonds. The van der Waals surface area contributed by atoms with Crippen LogP contribution in [0.4, 0.5) is 18.9 Å². The van der Waals surface area contributed by atoms with Gasteiger partial charge in [-0.15, -0.1) is 0 Å². The van der Waals surface area contributed by atoms with E-state index in [4.69, 9.17) is 5.11 Å². The summed E-state index contributed by atoms with van der Waals surface area (Å²) in [5.41, 5.74) is 3.19. The standard InChI is InChI=1S/C30H35F3N4O2/c1-21(2)17-37-19-24(16-34-37)27-8-5-25(30(31,32)33)15-23(27)18-35-12-9-29(10-13-35)11-14-36(20-29)26-6-3-22(4-7-26)28(38)39/h3-8,15-16,19,21H,9-14,17-18,20H2,1-2H3,(H,38,39). The molecular formula is C30H35F3N4O2. The van der Waals surface area contributed by atoms with Gasteiger partial charge in [-0.2, -0.15) is 18.3 Å². The van der Waals surface area contributed by atoms with E-state index in [1.165, 1.54) is 12.1 Å². The average molecular weight is 541 g/mol. The van der Waals surface area contributed by atoms with E-state index in [-0.39, 0.29) is 11.0 Å². The molecule has 0 atom stereocenters. The molecule has 3 aromatic rings. The summed E-state index contributed by atoms with van der Waals surface area (Å²) < 4.78 is 42.7. The summed E-state index contributed by atoms with van der Waals surface area (Å²) in [7, 11) is 0. The van der Waals surface area contributed by atoms with E-state index in [0.717, 1.165) is 68.8 Å². The zero-order valence-corrected chi connectivity index (χ0v) is 22.4. The molecule has 2 fully saturated rings. The Balaban J connectivity index is 1.28. The number of carboxylic acid groups (broad SMARTS) is 1. The van der Waals surface area contributed by atoms with Crippen LogP contribution in [0.15, 0.2) is 54.9 Å². The van der Waals surface area contributed by atoms with E-state index in [0.29, 0.717) is 18.0 Å². The first-order chi connectivity index (χ1) is 18.5. The third-order valence-corrected chi connectivity index (χ3v) is 8.16. The van der Waals surface area contributed by atoms with Crippen LogP contribution < -0.4 is 4.90 Å². The molecule has 2 aliphatic rings. The smallest absolute Gasteiger partial charge is 0.416 e. The highest BCUT2D eigenvalue weighted by Gasteiger charge is 2.41. The maximum atomic E-state index is 13.6. The van der Waals surface area contributed by atoms with Gasteiger partial charge in [0.2, 0.25) is 0 Å². The van der Waals surface area contributed by atoms with Gasteiger partial charge in [0, 0.05) is 43.6 Å². The van der Waals surface area contributed by atoms with E-state index in [1.807, 2.05) is 23.0 Å². The lowest BCUT2D eigenvalue weighted by Crippen LogP contribution is -2.41. The second-order valence-electron chi connectivity index (χ2n) is 11.5. The third-order valence-electron chi connectivity index (χ3n) is 8.16. The summed E-state index contributed by atoms with van der Waals surface area (Å²) >= 11 is 0. The predicted octanol–water partition coefficient (Wildman–Crippen LogP) is 6.42. The van der Waals surface area contributed by atoms with Crippen LogP contribution in [0.5, 0.6) is 0 Å². The number of nitrogens with zero attached hydrogens (tertiary/aromatic N) is 4. The fourth-order valence-electron chi connectivity index (χ4n) is 5.96. The molecule has 0 bridgehead atoms. The van der Waals surface area contributed by atoms with E-state index in [9.17, 15) is 18.0 Å². The minimum absolute atomic E-state index is 0.177. The highest BCUT2D eigenvalue weighted by Crippen LogP contribution is 2.43. The summed E-state index contributed by atoms with van der Waals surface area (Å²) in [6, 6.07) is 11.1. The number of carbonyl (C=O) groups is 1. The number of likely N-dealkylation sites (tertiary alicyclic amines) is 1. The van der Waals surface area contributed by atoms with Crippen LogP contribution in [0.25, 0.3) is 11.1 Å². The Hall–Kier alpha value is -3.33. The molecule has 9 heteroatoms. The number of alkyl halides is 3. The van der Waals surface area contributed by atoms with E-state index in [1.54, 1.807) is 24.4 Å². The highest BCUT2D eigenvalue weighted by atomic mass is 19.4. The fourth-order valence-corrected chi connectivity index (χ4v) is 5.96. The van der Waals surface area contributed by atoms with Crippen LogP contribution in [-0.4, -0.2) is 51.9 Å². The molecule has 1 N–H and O–H groups in total. The number of carboxylic acids is 1. The van der Waals surface area contributed by atoms with Crippen molar-refractivity contribution in [3.05, 3.63) is 71.5 Å². The van der Waals surface area contributed by atoms with Crippen LogP contribution >= 0.6 is 0 Å². The quantitative estimate of drug-likeness (QED) is 0.375. The zero-order chi connectivity index (χ0) is 27.8. The minimum atomic E-state index is -4.39. The first kappa shape index (κ1) is 27.2. The van der Waals surface area contributed by atoms with Gasteiger partial charge < -0.3 is 10.0 Å². The van der Waals surface area contributed by atoms with Crippen molar-refractivity contribution in [2.75, 3.05) is 31.1 Å². The summed E-state index contributed by atoms with van der Waals surface area (Å²) in [6.07, 6.45) is 2.31. The van der Waals surface area contributed by atoms with Gasteiger partial charge in [0.1, 0.15) is 0 Å². The van der Waals surface area contributed by atoms with Gasteiger partial charge in [-0.25, -0.2) is 4.79 Å². The second-order valence-corrected chi connectivity index (χ2v) is 11.5. The predicted molar refractivity (Wildman–Crippen MR) is 145 cm³/mol. The molecule has 0 aliphatic carbocycles. The lowest BCUT2D eigenvalue weighted by molar-refractivity contribution is -0.137. The van der Waals surface area contributed by atoms with Crippen LogP contribution in [0.3, 0.4) is 0 Å². The molecule has 1 spiro atoms. The Morgan fingerprint density at radius 1 is 1.05 bits per heavy atom. The number of hydrogen-bond donors (Lipinski definition) is 1. The van der Waals surface area contributed by atoms with E-state index < -0.39 is 17.7 Å². The summed E-state index contributed by atoms with van der Waals surface area (Å²) in [5.74, 6) is -0.513. The van der Waals surface area contributed by atoms with Crippen LogP contribution in [0.1, 0.15) is 54.6 Å². The lowest BCUT2D eigenvalue weighted by atomic mass is 9.77. The molecule has 5 rings (SSSR count). The zero-order valence-electron chi connectivity index (χ0n) is 22.4. The number of piperidine rings is 1. The number of aromatic nitrogens is 2. The normalized spacial score (nSPS) is 17.8. The summed E-state index contributed by atoms with van der Waals surface area (Å²) in [4.78, 5) is 15.8. The maximum absolute atomic E-state index is 13.6. The molecular weight excluding hydrogens is 505 g/mol. The van der Waals surface area contributed by atoms with Crippen molar-refractivity contribution >= 4 is 11.7 Å². The van der Waals surface area contributed by atoms with Crippen LogP contribution in [0, 0.1) is 11.3 Å². The van der Waals surface area contributed by atoms with Crippen molar-refractivity contribution in [2.24, 2.45) is 11.3 Å². The van der Waals surface area contributed by atoms with Gasteiger partial charge in [-0.1, -0.05) is 19.9 Å². The summed E-state index contributed by atoms with van der Waals surface area (Å²) in [6.45, 7) is 8.92. The maximum Gasteiger partial charge on any atom is 0.416 e. The Bertz CT molecular complexity index is 1310. The van der Waals surface area contributed by atoms with Gasteiger partial charge in [0.15, 0.2) is 0 Å². The Kier molecular flexibility index (Phi) is 7.46. The second kappa shape index (κ2) is 10.7. The number of rotatable bonds is 7. The van der Waals surface area contributed by atoms with Gasteiger partial charge in [-0.3, -0.25) is 9.58 Å². The lowest BCUT2D eigenvalue weighted by Gasteiger charge is -2.39. The first-order valence-corrected chi connectivity index (χ1v) is 13.5. The van der Waals surface area contributed by atoms with Crippen molar-refractivity contribution in [2.45, 2.75) is 52.4 Å². The van der Waals surface area contributed by atoms with Crippen molar-refractivity contribution in [1.82, 2.24) is 14.7 Å². The number of halogens is 3. The van der Waals surface area contributed by atoms with Gasteiger partial charge in [-0.05, 0) is 91.2 Å². The summed E-state index contributed by atoms with van der Waals surface area (Å²) in [5, 5.41) is 13.6. The fraction of sp³-hybridized carbons (Fsp3) is 0.467. The molecule has 2 saturated heterocycles. The van der Waals surface area contributed by atoms with Crippen molar-refractivity contribution < 1.29 is 23.1 Å².